The lowest BCUT2D eigenvalue weighted by Gasteiger charge is -2.23. The van der Waals surface area contributed by atoms with Crippen molar-refractivity contribution in [3.8, 4) is 0 Å². The van der Waals surface area contributed by atoms with Gasteiger partial charge in [0.1, 0.15) is 0 Å². The highest BCUT2D eigenvalue weighted by Crippen LogP contribution is 2.30. The Labute approximate surface area is 217 Å². The maximum absolute atomic E-state index is 13.7. The molecule has 0 radical (unpaired) electrons. The molecule has 1 saturated heterocycles. The number of hydrogen-bond donors (Lipinski definition) is 1. The second-order valence-electron chi connectivity index (χ2n) is 8.85. The Morgan fingerprint density at radius 3 is 2.72 bits per heavy atom. The van der Waals surface area contributed by atoms with Gasteiger partial charge >= 0.3 is 0 Å². The first-order valence-electron chi connectivity index (χ1n) is 11.8. The van der Waals surface area contributed by atoms with Gasteiger partial charge in [-0.3, -0.25) is 19.1 Å². The van der Waals surface area contributed by atoms with Gasteiger partial charge in [0.15, 0.2) is 5.13 Å². The van der Waals surface area contributed by atoms with Crippen molar-refractivity contribution in [1.82, 2.24) is 9.55 Å². The number of rotatable bonds is 7. The van der Waals surface area contributed by atoms with Crippen molar-refractivity contribution in [3.63, 3.8) is 0 Å². The zero-order valence-electron chi connectivity index (χ0n) is 19.8. The lowest BCUT2D eigenvalue weighted by Crippen LogP contribution is -2.38. The summed E-state index contributed by atoms with van der Waals surface area (Å²) in [6.07, 6.45) is 3.64. The fourth-order valence-electron chi connectivity index (χ4n) is 4.71. The molecule has 2 aromatic carbocycles. The summed E-state index contributed by atoms with van der Waals surface area (Å²) in [5.74, 6) is -0.323. The smallest absolute Gasteiger partial charge is 0.262 e. The number of hydrogen-bond acceptors (Lipinski definition) is 6. The van der Waals surface area contributed by atoms with E-state index >= 15 is 0 Å². The molecule has 0 aliphatic carbocycles. The largest absolute Gasteiger partial charge is 0.392 e. The molecule has 7 nitrogen and oxygen atoms in total. The van der Waals surface area contributed by atoms with Crippen molar-refractivity contribution in [1.29, 1.82) is 0 Å². The van der Waals surface area contributed by atoms with E-state index in [0.29, 0.717) is 45.6 Å². The highest BCUT2D eigenvalue weighted by Gasteiger charge is 2.28. The van der Waals surface area contributed by atoms with Gasteiger partial charge in [-0.2, -0.15) is 0 Å². The van der Waals surface area contributed by atoms with Crippen LogP contribution >= 0.6 is 22.9 Å². The number of aliphatic hydroxyl groups excluding tert-OH is 1. The predicted octanol–water partition coefficient (Wildman–Crippen LogP) is 5.00. The number of nitrogens with zero attached hydrogens (tertiary/aromatic N) is 3. The summed E-state index contributed by atoms with van der Waals surface area (Å²) < 4.78 is 7.43. The molecule has 0 saturated carbocycles. The van der Waals surface area contributed by atoms with E-state index in [1.807, 2.05) is 24.4 Å². The maximum atomic E-state index is 13.7. The molecule has 0 spiro atoms. The van der Waals surface area contributed by atoms with E-state index in [-0.39, 0.29) is 30.9 Å². The molecule has 1 unspecified atom stereocenters. The molecule has 1 aliphatic rings. The first-order valence-corrected chi connectivity index (χ1v) is 13.1. The van der Waals surface area contributed by atoms with Gasteiger partial charge in [0.05, 0.1) is 31.2 Å². The molecule has 4 aromatic rings. The monoisotopic (exact) mass is 523 g/mol. The fourth-order valence-corrected chi connectivity index (χ4v) is 5.50. The quantitative estimate of drug-likeness (QED) is 0.368. The third-order valence-corrected chi connectivity index (χ3v) is 7.61. The van der Waals surface area contributed by atoms with Crippen LogP contribution in [0.4, 0.5) is 5.13 Å². The van der Waals surface area contributed by atoms with Crippen LogP contribution in [-0.2, 0) is 22.6 Å². The van der Waals surface area contributed by atoms with Gasteiger partial charge in [-0.15, -0.1) is 11.3 Å². The zero-order valence-corrected chi connectivity index (χ0v) is 21.4. The average Bonchev–Trinajstić information content (AvgIpc) is 3.64. The van der Waals surface area contributed by atoms with Gasteiger partial charge in [0.2, 0.25) is 5.91 Å². The minimum absolute atomic E-state index is 0.0206. The summed E-state index contributed by atoms with van der Waals surface area (Å²) in [4.78, 5) is 33.3. The summed E-state index contributed by atoms with van der Waals surface area (Å²) in [5.41, 5.74) is 3.33. The van der Waals surface area contributed by atoms with Crippen LogP contribution in [0.5, 0.6) is 0 Å². The summed E-state index contributed by atoms with van der Waals surface area (Å²) in [6, 6.07) is 12.2. The van der Waals surface area contributed by atoms with Crippen LogP contribution in [0, 0.1) is 6.92 Å². The molecule has 1 N–H and O–H groups in total. The Kier molecular flexibility index (Phi) is 7.20. The second-order valence-corrected chi connectivity index (χ2v) is 10.2. The number of aliphatic hydroxyl groups is 1. The number of benzene rings is 2. The van der Waals surface area contributed by atoms with Crippen molar-refractivity contribution >= 4 is 50.8 Å². The van der Waals surface area contributed by atoms with E-state index in [9.17, 15) is 14.7 Å². The maximum Gasteiger partial charge on any atom is 0.262 e. The summed E-state index contributed by atoms with van der Waals surface area (Å²) in [7, 11) is 0. The molecule has 1 aliphatic heterocycles. The molecule has 5 rings (SSSR count). The third kappa shape index (κ3) is 4.82. The number of carbonyl (C=O) groups excluding carboxylic acids is 2. The molecule has 1 fully saturated rings. The van der Waals surface area contributed by atoms with Crippen LogP contribution in [0.1, 0.15) is 40.0 Å². The summed E-state index contributed by atoms with van der Waals surface area (Å²) in [6.45, 7) is 2.86. The normalized spacial score (nSPS) is 15.5. The Morgan fingerprint density at radius 1 is 1.25 bits per heavy atom. The van der Waals surface area contributed by atoms with Crippen molar-refractivity contribution in [2.24, 2.45) is 0 Å². The van der Waals surface area contributed by atoms with Crippen molar-refractivity contribution in [3.05, 3.63) is 81.4 Å². The predicted molar refractivity (Wildman–Crippen MR) is 141 cm³/mol. The standard InChI is InChI=1S/C27H26ClN3O4S/c1-17-22(14-25(33)30(27-29-10-12-36-27)15-21-3-2-11-35-21)23-13-18(16-32)4-9-24(23)31(17)26(34)19-5-7-20(28)8-6-19/h4-10,12-13,21,32H,2-3,11,14-16H2,1H3. The lowest BCUT2D eigenvalue weighted by atomic mass is 10.0. The summed E-state index contributed by atoms with van der Waals surface area (Å²) >= 11 is 7.43. The van der Waals surface area contributed by atoms with Crippen LogP contribution in [0.3, 0.4) is 0 Å². The Bertz CT molecular complexity index is 1390. The van der Waals surface area contributed by atoms with Gasteiger partial charge in [0, 0.05) is 39.9 Å². The topological polar surface area (TPSA) is 84.7 Å². The number of amides is 1. The van der Waals surface area contributed by atoms with Gasteiger partial charge in [-0.25, -0.2) is 4.98 Å². The fraction of sp³-hybridized carbons (Fsp3) is 0.296. The van der Waals surface area contributed by atoms with E-state index in [4.69, 9.17) is 16.3 Å². The molecule has 9 heteroatoms. The number of carbonyl (C=O) groups is 2. The van der Waals surface area contributed by atoms with E-state index in [1.54, 1.807) is 46.0 Å². The molecular formula is C27H26ClN3O4S. The van der Waals surface area contributed by atoms with Gasteiger partial charge in [-0.05, 0) is 67.3 Å². The zero-order chi connectivity index (χ0) is 25.2. The molecule has 1 atom stereocenters. The van der Waals surface area contributed by atoms with Gasteiger partial charge < -0.3 is 9.84 Å². The third-order valence-electron chi connectivity index (χ3n) is 6.57. The number of fused-ring (bicyclic) bond motifs is 1. The van der Waals surface area contributed by atoms with Gasteiger partial charge in [0.25, 0.3) is 5.91 Å². The first kappa shape index (κ1) is 24.6. The minimum Gasteiger partial charge on any atom is -0.392 e. The molecule has 36 heavy (non-hydrogen) atoms. The number of ether oxygens (including phenoxy) is 1. The highest BCUT2D eigenvalue weighted by molar-refractivity contribution is 7.13. The molecule has 0 bridgehead atoms. The van der Waals surface area contributed by atoms with Gasteiger partial charge in [-0.1, -0.05) is 17.7 Å². The van der Waals surface area contributed by atoms with Crippen LogP contribution in [-0.4, -0.2) is 45.7 Å². The molecule has 2 aromatic heterocycles. The van der Waals surface area contributed by atoms with Crippen LogP contribution in [0.15, 0.2) is 54.0 Å². The van der Waals surface area contributed by atoms with E-state index in [0.717, 1.165) is 23.8 Å². The number of anilines is 1. The van der Waals surface area contributed by atoms with Crippen molar-refractivity contribution in [2.75, 3.05) is 18.1 Å². The number of halogens is 1. The highest BCUT2D eigenvalue weighted by atomic mass is 35.5. The van der Waals surface area contributed by atoms with Crippen molar-refractivity contribution in [2.45, 2.75) is 38.9 Å². The lowest BCUT2D eigenvalue weighted by molar-refractivity contribution is -0.118. The van der Waals surface area contributed by atoms with E-state index < -0.39 is 0 Å². The minimum atomic E-state index is -0.208. The van der Waals surface area contributed by atoms with Crippen LogP contribution in [0.25, 0.3) is 10.9 Å². The molecule has 186 valence electrons. The molecule has 3 heterocycles. The first-order chi connectivity index (χ1) is 17.5. The van der Waals surface area contributed by atoms with E-state index in [1.165, 1.54) is 11.3 Å². The van der Waals surface area contributed by atoms with E-state index in [2.05, 4.69) is 4.98 Å². The Balaban J connectivity index is 1.55. The van der Waals surface area contributed by atoms with Crippen LogP contribution in [0.2, 0.25) is 5.02 Å². The van der Waals surface area contributed by atoms with Crippen molar-refractivity contribution < 1.29 is 19.4 Å². The molecule has 1 amide bonds. The average molecular weight is 524 g/mol. The Morgan fingerprint density at radius 2 is 2.06 bits per heavy atom. The number of thiazole rings is 1. The SMILES string of the molecule is Cc1c(CC(=O)N(CC2CCCO2)c2nccs2)c2cc(CO)ccc2n1C(=O)c1ccc(Cl)cc1. The summed E-state index contributed by atoms with van der Waals surface area (Å²) in [5, 5.41) is 13.5. The molecular weight excluding hydrogens is 498 g/mol. The Hall–Kier alpha value is -3.04. The second kappa shape index (κ2) is 10.5. The van der Waals surface area contributed by atoms with Crippen LogP contribution < -0.4 is 4.90 Å². The number of aromatic nitrogens is 2.